The van der Waals surface area contributed by atoms with E-state index >= 15 is 0 Å². The predicted octanol–water partition coefficient (Wildman–Crippen LogP) is 0.500. The highest BCUT2D eigenvalue weighted by Gasteiger charge is 2.15. The second-order valence-corrected chi connectivity index (χ2v) is 4.42. The molecule has 0 aliphatic carbocycles. The van der Waals surface area contributed by atoms with Crippen molar-refractivity contribution in [3.8, 4) is 0 Å². The maximum atomic E-state index is 11.8. The number of aliphatic hydroxyl groups excluding tert-OH is 1. The van der Waals surface area contributed by atoms with E-state index in [0.29, 0.717) is 12.8 Å². The molecule has 1 aromatic rings. The van der Waals surface area contributed by atoms with Gasteiger partial charge < -0.3 is 10.0 Å². The van der Waals surface area contributed by atoms with E-state index in [9.17, 15) is 4.79 Å². The fraction of sp³-hybridized carbons (Fsp3) is 0.667. The van der Waals surface area contributed by atoms with E-state index in [2.05, 4.69) is 5.10 Å². The molecule has 0 bridgehead atoms. The number of carbonyl (C=O) groups excluding carboxylic acids is 1. The van der Waals surface area contributed by atoms with Gasteiger partial charge in [0.05, 0.1) is 18.8 Å². The highest BCUT2D eigenvalue weighted by atomic mass is 16.3. The molecule has 1 rings (SSSR count). The SMILES string of the molecule is Cc1c(CCC(=O)N(C)C(C)CO)cnn1C. The summed E-state index contributed by atoms with van der Waals surface area (Å²) in [4.78, 5) is 13.4. The topological polar surface area (TPSA) is 58.4 Å². The molecule has 1 heterocycles. The van der Waals surface area contributed by atoms with Crippen molar-refractivity contribution in [1.29, 1.82) is 0 Å². The molecule has 1 amide bonds. The molecular formula is C12H21N3O2. The lowest BCUT2D eigenvalue weighted by atomic mass is 10.1. The number of likely N-dealkylation sites (N-methyl/N-ethyl adjacent to an activating group) is 1. The van der Waals surface area contributed by atoms with Crippen molar-refractivity contribution in [2.75, 3.05) is 13.7 Å². The number of nitrogens with zero attached hydrogens (tertiary/aromatic N) is 3. The van der Waals surface area contributed by atoms with Crippen LogP contribution in [0.25, 0.3) is 0 Å². The summed E-state index contributed by atoms with van der Waals surface area (Å²) in [7, 11) is 3.61. The number of aliphatic hydroxyl groups is 1. The third-order valence-electron chi connectivity index (χ3n) is 3.26. The quantitative estimate of drug-likeness (QED) is 0.814. The average Bonchev–Trinajstić information content (AvgIpc) is 2.65. The zero-order chi connectivity index (χ0) is 13.0. The number of carbonyl (C=O) groups is 1. The number of rotatable bonds is 5. The van der Waals surface area contributed by atoms with Gasteiger partial charge >= 0.3 is 0 Å². The zero-order valence-electron chi connectivity index (χ0n) is 11.0. The Balaban J connectivity index is 2.51. The minimum Gasteiger partial charge on any atom is -0.394 e. The molecule has 0 aliphatic heterocycles. The Kier molecular flexibility index (Phi) is 4.69. The maximum absolute atomic E-state index is 11.8. The van der Waals surface area contributed by atoms with Crippen LogP contribution in [0.3, 0.4) is 0 Å². The first kappa shape index (κ1) is 13.7. The Morgan fingerprint density at radius 1 is 1.65 bits per heavy atom. The van der Waals surface area contributed by atoms with Gasteiger partial charge in [-0.05, 0) is 25.8 Å². The van der Waals surface area contributed by atoms with Crippen molar-refractivity contribution in [1.82, 2.24) is 14.7 Å². The van der Waals surface area contributed by atoms with Gasteiger partial charge in [0.1, 0.15) is 0 Å². The summed E-state index contributed by atoms with van der Waals surface area (Å²) < 4.78 is 1.81. The van der Waals surface area contributed by atoms with Crippen molar-refractivity contribution in [2.45, 2.75) is 32.7 Å². The molecule has 1 N–H and O–H groups in total. The summed E-state index contributed by atoms with van der Waals surface area (Å²) in [5.74, 6) is 0.0507. The Hall–Kier alpha value is -1.36. The molecule has 0 saturated carbocycles. The van der Waals surface area contributed by atoms with Gasteiger partial charge in [-0.2, -0.15) is 5.10 Å². The van der Waals surface area contributed by atoms with Gasteiger partial charge in [0, 0.05) is 26.2 Å². The monoisotopic (exact) mass is 239 g/mol. The molecule has 0 spiro atoms. The van der Waals surface area contributed by atoms with Crippen LogP contribution >= 0.6 is 0 Å². The minimum absolute atomic E-state index is 0.00579. The van der Waals surface area contributed by atoms with Crippen LogP contribution in [-0.4, -0.2) is 45.4 Å². The number of aromatic nitrogens is 2. The Labute approximate surface area is 102 Å². The van der Waals surface area contributed by atoms with Crippen molar-refractivity contribution >= 4 is 5.91 Å². The third-order valence-corrected chi connectivity index (χ3v) is 3.26. The summed E-state index contributed by atoms with van der Waals surface area (Å²) in [5.41, 5.74) is 2.20. The second kappa shape index (κ2) is 5.82. The molecule has 1 unspecified atom stereocenters. The molecule has 0 aromatic carbocycles. The van der Waals surface area contributed by atoms with E-state index < -0.39 is 0 Å². The van der Waals surface area contributed by atoms with E-state index in [1.165, 1.54) is 0 Å². The van der Waals surface area contributed by atoms with Crippen molar-refractivity contribution < 1.29 is 9.90 Å². The van der Waals surface area contributed by atoms with E-state index in [-0.39, 0.29) is 18.6 Å². The lowest BCUT2D eigenvalue weighted by Gasteiger charge is -2.23. The van der Waals surface area contributed by atoms with Gasteiger partial charge in [-0.3, -0.25) is 9.48 Å². The van der Waals surface area contributed by atoms with Crippen LogP contribution in [0.5, 0.6) is 0 Å². The van der Waals surface area contributed by atoms with Gasteiger partial charge in [-0.15, -0.1) is 0 Å². The molecule has 17 heavy (non-hydrogen) atoms. The second-order valence-electron chi connectivity index (χ2n) is 4.42. The number of aryl methyl sites for hydroxylation is 2. The lowest BCUT2D eigenvalue weighted by Crippen LogP contribution is -2.37. The van der Waals surface area contributed by atoms with E-state index in [4.69, 9.17) is 5.11 Å². The van der Waals surface area contributed by atoms with Crippen molar-refractivity contribution in [3.05, 3.63) is 17.5 Å². The predicted molar refractivity (Wildman–Crippen MR) is 65.6 cm³/mol. The average molecular weight is 239 g/mol. The Bertz CT molecular complexity index is 387. The largest absolute Gasteiger partial charge is 0.394 e. The van der Waals surface area contributed by atoms with E-state index in [1.54, 1.807) is 22.8 Å². The molecule has 0 aliphatic rings. The van der Waals surface area contributed by atoms with Crippen LogP contribution in [0, 0.1) is 6.92 Å². The number of hydrogen-bond acceptors (Lipinski definition) is 3. The molecule has 0 radical (unpaired) electrons. The zero-order valence-corrected chi connectivity index (χ0v) is 11.0. The first-order valence-electron chi connectivity index (χ1n) is 5.81. The fourth-order valence-electron chi connectivity index (χ4n) is 1.58. The van der Waals surface area contributed by atoms with Crippen LogP contribution in [-0.2, 0) is 18.3 Å². The molecule has 1 atom stereocenters. The molecular weight excluding hydrogens is 218 g/mol. The highest BCUT2D eigenvalue weighted by molar-refractivity contribution is 5.76. The molecule has 0 fully saturated rings. The molecule has 96 valence electrons. The lowest BCUT2D eigenvalue weighted by molar-refractivity contribution is -0.132. The fourth-order valence-corrected chi connectivity index (χ4v) is 1.58. The summed E-state index contributed by atoms with van der Waals surface area (Å²) in [6.07, 6.45) is 2.95. The van der Waals surface area contributed by atoms with Crippen LogP contribution in [0.15, 0.2) is 6.20 Å². The summed E-state index contributed by atoms with van der Waals surface area (Å²) in [5, 5.41) is 13.1. The standard InChI is InChI=1S/C12H21N3O2/c1-9(8-16)14(3)12(17)6-5-11-7-13-15(4)10(11)2/h7,9,16H,5-6,8H2,1-4H3. The van der Waals surface area contributed by atoms with Crippen LogP contribution in [0.2, 0.25) is 0 Å². The summed E-state index contributed by atoms with van der Waals surface area (Å²) in [6.45, 7) is 3.81. The number of amides is 1. The van der Waals surface area contributed by atoms with Crippen LogP contribution in [0.1, 0.15) is 24.6 Å². The molecule has 5 heteroatoms. The Morgan fingerprint density at radius 2 is 2.29 bits per heavy atom. The first-order valence-corrected chi connectivity index (χ1v) is 5.81. The van der Waals surface area contributed by atoms with Gasteiger partial charge in [-0.25, -0.2) is 0 Å². The summed E-state index contributed by atoms with van der Waals surface area (Å²) >= 11 is 0. The van der Waals surface area contributed by atoms with Crippen LogP contribution in [0.4, 0.5) is 0 Å². The van der Waals surface area contributed by atoms with Gasteiger partial charge in [0.25, 0.3) is 0 Å². The van der Waals surface area contributed by atoms with Crippen molar-refractivity contribution in [2.24, 2.45) is 7.05 Å². The third kappa shape index (κ3) is 3.30. The first-order chi connectivity index (χ1) is 7.97. The molecule has 1 aromatic heterocycles. The Morgan fingerprint density at radius 3 is 2.76 bits per heavy atom. The minimum atomic E-state index is -0.127. The smallest absolute Gasteiger partial charge is 0.222 e. The van der Waals surface area contributed by atoms with Gasteiger partial charge in [-0.1, -0.05) is 0 Å². The van der Waals surface area contributed by atoms with E-state index in [1.807, 2.05) is 20.9 Å². The van der Waals surface area contributed by atoms with Gasteiger partial charge in [0.15, 0.2) is 0 Å². The molecule has 0 saturated heterocycles. The van der Waals surface area contributed by atoms with Crippen LogP contribution < -0.4 is 0 Å². The molecule has 5 nitrogen and oxygen atoms in total. The maximum Gasteiger partial charge on any atom is 0.222 e. The number of hydrogen-bond donors (Lipinski definition) is 1. The summed E-state index contributed by atoms with van der Waals surface area (Å²) in [6, 6.07) is -0.127. The van der Waals surface area contributed by atoms with Gasteiger partial charge in [0.2, 0.25) is 5.91 Å². The highest BCUT2D eigenvalue weighted by Crippen LogP contribution is 2.10. The van der Waals surface area contributed by atoms with E-state index in [0.717, 1.165) is 11.3 Å². The van der Waals surface area contributed by atoms with Crippen molar-refractivity contribution in [3.63, 3.8) is 0 Å². The normalized spacial score (nSPS) is 12.5.